The molecule has 1 aromatic rings. The minimum Gasteiger partial charge on any atom is -0.359 e. The number of nitrogens with one attached hydrogen (secondary N) is 2. The minimum atomic E-state index is -3.54. The van der Waals surface area contributed by atoms with E-state index in [9.17, 15) is 13.2 Å². The van der Waals surface area contributed by atoms with E-state index in [1.165, 1.54) is 7.05 Å². The third-order valence-electron chi connectivity index (χ3n) is 2.78. The molecule has 0 aliphatic carbocycles. The van der Waals surface area contributed by atoms with E-state index in [-0.39, 0.29) is 23.8 Å². The molecule has 0 unspecified atom stereocenters. The summed E-state index contributed by atoms with van der Waals surface area (Å²) >= 11 is 0. The van der Waals surface area contributed by atoms with Gasteiger partial charge in [-0.25, -0.2) is 13.1 Å². The van der Waals surface area contributed by atoms with Gasteiger partial charge >= 0.3 is 0 Å². The van der Waals surface area contributed by atoms with Crippen LogP contribution >= 0.6 is 0 Å². The van der Waals surface area contributed by atoms with Crippen LogP contribution < -0.4 is 10.0 Å². The van der Waals surface area contributed by atoms with E-state index < -0.39 is 10.0 Å². The van der Waals surface area contributed by atoms with Crippen LogP contribution in [-0.2, 0) is 14.8 Å². The summed E-state index contributed by atoms with van der Waals surface area (Å²) in [5.74, 6) is 0.163. The molecule has 1 aromatic carbocycles. The highest BCUT2D eigenvalue weighted by atomic mass is 32.2. The van der Waals surface area contributed by atoms with E-state index in [0.717, 1.165) is 5.56 Å². The van der Waals surface area contributed by atoms with Gasteiger partial charge in [-0.05, 0) is 23.6 Å². The van der Waals surface area contributed by atoms with Gasteiger partial charge in [-0.1, -0.05) is 26.0 Å². The molecular formula is C13H20N2O3S. The van der Waals surface area contributed by atoms with Crippen molar-refractivity contribution in [3.8, 4) is 0 Å². The highest BCUT2D eigenvalue weighted by Crippen LogP contribution is 2.17. The summed E-state index contributed by atoms with van der Waals surface area (Å²) in [6.45, 7) is 4.18. The Balaban J connectivity index is 2.69. The molecule has 2 N–H and O–H groups in total. The number of hydrogen-bond donors (Lipinski definition) is 2. The highest BCUT2D eigenvalue weighted by molar-refractivity contribution is 7.89. The molecule has 1 amide bonds. The van der Waals surface area contributed by atoms with E-state index in [0.29, 0.717) is 5.92 Å². The lowest BCUT2D eigenvalue weighted by atomic mass is 10.0. The maximum atomic E-state index is 11.9. The van der Waals surface area contributed by atoms with Crippen molar-refractivity contribution in [3.05, 3.63) is 29.8 Å². The number of rotatable bonds is 6. The average Bonchev–Trinajstić information content (AvgIpc) is 2.38. The van der Waals surface area contributed by atoms with Crippen LogP contribution in [0.4, 0.5) is 0 Å². The quantitative estimate of drug-likeness (QED) is 0.825. The number of carbonyl (C=O) groups is 1. The van der Waals surface area contributed by atoms with Gasteiger partial charge in [0.2, 0.25) is 15.9 Å². The lowest BCUT2D eigenvalue weighted by molar-refractivity contribution is -0.120. The van der Waals surface area contributed by atoms with Crippen LogP contribution in [0.2, 0.25) is 0 Å². The zero-order valence-electron chi connectivity index (χ0n) is 11.4. The van der Waals surface area contributed by atoms with Gasteiger partial charge in [0.1, 0.15) is 0 Å². The first-order chi connectivity index (χ1) is 8.86. The van der Waals surface area contributed by atoms with E-state index in [1.54, 1.807) is 24.3 Å². The molecule has 0 aromatic heterocycles. The summed E-state index contributed by atoms with van der Waals surface area (Å²) in [4.78, 5) is 11.2. The Labute approximate surface area is 114 Å². The fraction of sp³-hybridized carbons (Fsp3) is 0.462. The molecule has 19 heavy (non-hydrogen) atoms. The number of hydrogen-bond acceptors (Lipinski definition) is 3. The van der Waals surface area contributed by atoms with Crippen molar-refractivity contribution in [2.45, 2.75) is 31.1 Å². The first kappa shape index (κ1) is 15.7. The van der Waals surface area contributed by atoms with Crippen LogP contribution in [0.15, 0.2) is 29.2 Å². The lowest BCUT2D eigenvalue weighted by Crippen LogP contribution is -2.29. The summed E-state index contributed by atoms with van der Waals surface area (Å²) in [6.07, 6.45) is 0.125. The van der Waals surface area contributed by atoms with Crippen molar-refractivity contribution >= 4 is 15.9 Å². The molecule has 0 fully saturated rings. The van der Waals surface area contributed by atoms with Crippen molar-refractivity contribution in [1.82, 2.24) is 10.0 Å². The van der Waals surface area contributed by atoms with Gasteiger partial charge in [0.15, 0.2) is 0 Å². The largest absolute Gasteiger partial charge is 0.359 e. The molecule has 0 aliphatic heterocycles. The fourth-order valence-corrected chi connectivity index (χ4v) is 2.57. The molecule has 0 spiro atoms. The summed E-state index contributed by atoms with van der Waals surface area (Å²) in [5, 5.41) is 2.44. The number of carbonyl (C=O) groups excluding carboxylic acids is 1. The second kappa shape index (κ2) is 6.68. The van der Waals surface area contributed by atoms with Crippen molar-refractivity contribution < 1.29 is 13.2 Å². The Morgan fingerprint density at radius 2 is 1.79 bits per heavy atom. The minimum absolute atomic E-state index is 0.0912. The Kier molecular flexibility index (Phi) is 5.50. The number of amides is 1. The van der Waals surface area contributed by atoms with Crippen LogP contribution in [0.5, 0.6) is 0 Å². The van der Waals surface area contributed by atoms with E-state index in [2.05, 4.69) is 10.0 Å². The van der Waals surface area contributed by atoms with E-state index >= 15 is 0 Å². The Bertz CT molecular complexity index is 521. The van der Waals surface area contributed by atoms with E-state index in [1.807, 2.05) is 13.8 Å². The van der Waals surface area contributed by atoms with Crippen LogP contribution in [0, 0.1) is 0 Å². The monoisotopic (exact) mass is 284 g/mol. The van der Waals surface area contributed by atoms with Gasteiger partial charge < -0.3 is 5.32 Å². The normalized spacial score (nSPS) is 11.6. The Morgan fingerprint density at radius 3 is 2.26 bits per heavy atom. The Hall–Kier alpha value is -1.40. The third-order valence-corrected chi connectivity index (χ3v) is 4.26. The first-order valence-corrected chi connectivity index (χ1v) is 7.65. The molecule has 0 bridgehead atoms. The van der Waals surface area contributed by atoms with Crippen molar-refractivity contribution in [1.29, 1.82) is 0 Å². The Morgan fingerprint density at radius 1 is 1.21 bits per heavy atom. The lowest BCUT2D eigenvalue weighted by Gasteiger charge is -2.09. The van der Waals surface area contributed by atoms with Crippen molar-refractivity contribution in [2.24, 2.45) is 0 Å². The number of benzene rings is 1. The molecule has 0 saturated heterocycles. The van der Waals surface area contributed by atoms with Gasteiger partial charge in [0.25, 0.3) is 0 Å². The molecule has 0 aliphatic rings. The van der Waals surface area contributed by atoms with Crippen LogP contribution in [0.25, 0.3) is 0 Å². The molecule has 0 heterocycles. The van der Waals surface area contributed by atoms with Gasteiger partial charge in [-0.15, -0.1) is 0 Å². The SMILES string of the molecule is CNC(=O)CCNS(=O)(=O)c1ccc(C(C)C)cc1. The highest BCUT2D eigenvalue weighted by Gasteiger charge is 2.14. The summed E-state index contributed by atoms with van der Waals surface area (Å²) in [6, 6.07) is 6.77. The average molecular weight is 284 g/mol. The van der Waals surface area contributed by atoms with Gasteiger partial charge in [-0.3, -0.25) is 4.79 Å². The first-order valence-electron chi connectivity index (χ1n) is 6.17. The molecule has 0 atom stereocenters. The zero-order chi connectivity index (χ0) is 14.5. The van der Waals surface area contributed by atoms with Crippen LogP contribution in [0.3, 0.4) is 0 Å². The molecule has 1 rings (SSSR count). The third kappa shape index (κ3) is 4.65. The zero-order valence-corrected chi connectivity index (χ0v) is 12.3. The molecule has 0 radical (unpaired) electrons. The van der Waals surface area contributed by atoms with Gasteiger partial charge in [0, 0.05) is 20.0 Å². The van der Waals surface area contributed by atoms with Gasteiger partial charge in [-0.2, -0.15) is 0 Å². The van der Waals surface area contributed by atoms with Crippen molar-refractivity contribution in [3.63, 3.8) is 0 Å². The summed E-state index contributed by atoms with van der Waals surface area (Å²) in [5.41, 5.74) is 1.09. The summed E-state index contributed by atoms with van der Waals surface area (Å²) in [7, 11) is -2.02. The van der Waals surface area contributed by atoms with Crippen LogP contribution in [-0.4, -0.2) is 27.9 Å². The second-order valence-corrected chi connectivity index (χ2v) is 6.31. The maximum absolute atomic E-state index is 11.9. The van der Waals surface area contributed by atoms with Crippen LogP contribution in [0.1, 0.15) is 31.7 Å². The number of sulfonamides is 1. The van der Waals surface area contributed by atoms with Gasteiger partial charge in [0.05, 0.1) is 4.90 Å². The molecular weight excluding hydrogens is 264 g/mol. The predicted octanol–water partition coefficient (Wildman–Crippen LogP) is 1.22. The van der Waals surface area contributed by atoms with E-state index in [4.69, 9.17) is 0 Å². The maximum Gasteiger partial charge on any atom is 0.240 e. The second-order valence-electron chi connectivity index (χ2n) is 4.54. The molecule has 5 nitrogen and oxygen atoms in total. The summed E-state index contributed by atoms with van der Waals surface area (Å²) < 4.78 is 26.3. The van der Waals surface area contributed by atoms with Crippen molar-refractivity contribution in [2.75, 3.05) is 13.6 Å². The standard InChI is InChI=1S/C13H20N2O3S/c1-10(2)11-4-6-12(7-5-11)19(17,18)15-9-8-13(16)14-3/h4-7,10,15H,8-9H2,1-3H3,(H,14,16). The predicted molar refractivity (Wildman–Crippen MR) is 74.4 cm³/mol. The molecule has 6 heteroatoms. The fourth-order valence-electron chi connectivity index (χ4n) is 1.54. The molecule has 106 valence electrons. The smallest absolute Gasteiger partial charge is 0.240 e. The topological polar surface area (TPSA) is 75.3 Å². The molecule has 0 saturated carbocycles.